The monoisotopic (exact) mass is 284 g/mol. The Bertz CT molecular complexity index is 438. The first kappa shape index (κ1) is 14.8. The molecule has 1 saturated heterocycles. The van der Waals surface area contributed by atoms with Gasteiger partial charge in [0.05, 0.1) is 0 Å². The molecule has 2 rings (SSSR count). The molecular formula is C15H22ClFN2. The van der Waals surface area contributed by atoms with Gasteiger partial charge in [0.2, 0.25) is 0 Å². The predicted octanol–water partition coefficient (Wildman–Crippen LogP) is 3.44. The van der Waals surface area contributed by atoms with E-state index in [1.165, 1.54) is 6.07 Å². The normalized spacial score (nSPS) is 25.3. The van der Waals surface area contributed by atoms with Crippen LogP contribution in [0.25, 0.3) is 0 Å². The van der Waals surface area contributed by atoms with Crippen LogP contribution in [-0.4, -0.2) is 30.1 Å². The first-order valence-corrected chi connectivity index (χ1v) is 7.31. The number of nitrogens with zero attached hydrogens (tertiary/aromatic N) is 1. The predicted molar refractivity (Wildman–Crippen MR) is 78.0 cm³/mol. The Morgan fingerprint density at radius 1 is 1.47 bits per heavy atom. The lowest BCUT2D eigenvalue weighted by atomic mass is 9.98. The summed E-state index contributed by atoms with van der Waals surface area (Å²) >= 11 is 5.95. The topological polar surface area (TPSA) is 15.3 Å². The number of nitrogens with one attached hydrogen (secondary N) is 1. The zero-order valence-electron chi connectivity index (χ0n) is 11.7. The average Bonchev–Trinajstić information content (AvgIpc) is 2.56. The second-order valence-electron chi connectivity index (χ2n) is 5.64. The SMILES string of the molecule is CCC1(C)CN(Cc2cc(Cl)ccc2F)CCCN1. The molecule has 2 nitrogen and oxygen atoms in total. The lowest BCUT2D eigenvalue weighted by molar-refractivity contribution is 0.206. The molecule has 19 heavy (non-hydrogen) atoms. The summed E-state index contributed by atoms with van der Waals surface area (Å²) in [6, 6.07) is 4.78. The molecule has 0 aliphatic carbocycles. The molecule has 106 valence electrons. The molecule has 1 aliphatic heterocycles. The van der Waals surface area contributed by atoms with Crippen LogP contribution in [-0.2, 0) is 6.54 Å². The van der Waals surface area contributed by atoms with Crippen LogP contribution in [0.15, 0.2) is 18.2 Å². The minimum Gasteiger partial charge on any atom is -0.310 e. The molecule has 1 N–H and O–H groups in total. The molecule has 0 radical (unpaired) electrons. The minimum absolute atomic E-state index is 0.117. The van der Waals surface area contributed by atoms with Crippen molar-refractivity contribution < 1.29 is 4.39 Å². The molecule has 1 aliphatic rings. The Kier molecular flexibility index (Phi) is 4.82. The fourth-order valence-corrected chi connectivity index (χ4v) is 2.79. The molecular weight excluding hydrogens is 263 g/mol. The van der Waals surface area contributed by atoms with Crippen molar-refractivity contribution in [3.63, 3.8) is 0 Å². The van der Waals surface area contributed by atoms with Gasteiger partial charge >= 0.3 is 0 Å². The molecule has 1 atom stereocenters. The van der Waals surface area contributed by atoms with Crippen molar-refractivity contribution in [2.75, 3.05) is 19.6 Å². The molecule has 1 aromatic carbocycles. The van der Waals surface area contributed by atoms with E-state index in [-0.39, 0.29) is 11.4 Å². The van der Waals surface area contributed by atoms with Gasteiger partial charge in [-0.05, 0) is 51.1 Å². The summed E-state index contributed by atoms with van der Waals surface area (Å²) in [5.74, 6) is -0.167. The quantitative estimate of drug-likeness (QED) is 0.915. The van der Waals surface area contributed by atoms with Crippen molar-refractivity contribution in [3.8, 4) is 0 Å². The molecule has 1 heterocycles. The van der Waals surface area contributed by atoms with Crippen LogP contribution < -0.4 is 5.32 Å². The highest BCUT2D eigenvalue weighted by atomic mass is 35.5. The van der Waals surface area contributed by atoms with E-state index < -0.39 is 0 Å². The Morgan fingerprint density at radius 2 is 2.26 bits per heavy atom. The maximum absolute atomic E-state index is 13.8. The Labute approximate surface area is 119 Å². The van der Waals surface area contributed by atoms with E-state index in [1.807, 2.05) is 0 Å². The van der Waals surface area contributed by atoms with Crippen molar-refractivity contribution in [2.45, 2.75) is 38.8 Å². The van der Waals surface area contributed by atoms with Crippen LogP contribution >= 0.6 is 11.6 Å². The van der Waals surface area contributed by atoms with Crippen molar-refractivity contribution in [3.05, 3.63) is 34.6 Å². The number of hydrogen-bond acceptors (Lipinski definition) is 2. The van der Waals surface area contributed by atoms with E-state index in [9.17, 15) is 4.39 Å². The lowest BCUT2D eigenvalue weighted by Crippen LogP contribution is -2.48. The summed E-state index contributed by atoms with van der Waals surface area (Å²) in [6.45, 7) is 8.02. The van der Waals surface area contributed by atoms with Gasteiger partial charge in [0.25, 0.3) is 0 Å². The largest absolute Gasteiger partial charge is 0.310 e. The maximum atomic E-state index is 13.8. The van der Waals surface area contributed by atoms with Gasteiger partial charge in [-0.3, -0.25) is 4.90 Å². The number of halogens is 2. The fraction of sp³-hybridized carbons (Fsp3) is 0.600. The van der Waals surface area contributed by atoms with E-state index in [0.717, 1.165) is 32.5 Å². The Balaban J connectivity index is 2.10. The van der Waals surface area contributed by atoms with E-state index >= 15 is 0 Å². The van der Waals surface area contributed by atoms with Crippen LogP contribution in [0, 0.1) is 5.82 Å². The van der Waals surface area contributed by atoms with Gasteiger partial charge in [0.15, 0.2) is 0 Å². The van der Waals surface area contributed by atoms with Gasteiger partial charge in [-0.1, -0.05) is 18.5 Å². The maximum Gasteiger partial charge on any atom is 0.127 e. The fourth-order valence-electron chi connectivity index (χ4n) is 2.60. The summed E-state index contributed by atoms with van der Waals surface area (Å²) in [5, 5.41) is 4.19. The molecule has 0 saturated carbocycles. The van der Waals surface area contributed by atoms with Crippen molar-refractivity contribution in [2.24, 2.45) is 0 Å². The van der Waals surface area contributed by atoms with Crippen molar-refractivity contribution in [1.29, 1.82) is 0 Å². The summed E-state index contributed by atoms with van der Waals surface area (Å²) in [5.41, 5.74) is 0.804. The highest BCUT2D eigenvalue weighted by Gasteiger charge is 2.27. The molecule has 0 spiro atoms. The van der Waals surface area contributed by atoms with Crippen molar-refractivity contribution in [1.82, 2.24) is 10.2 Å². The zero-order chi connectivity index (χ0) is 13.9. The molecule has 0 bridgehead atoms. The van der Waals surface area contributed by atoms with E-state index in [0.29, 0.717) is 17.1 Å². The van der Waals surface area contributed by atoms with Gasteiger partial charge in [0, 0.05) is 29.2 Å². The standard InChI is InChI=1S/C15H22ClFN2/c1-3-15(2)11-19(8-4-7-18-15)10-12-9-13(16)5-6-14(12)17/h5-6,9,18H,3-4,7-8,10-11H2,1-2H3. The third-order valence-electron chi connectivity index (χ3n) is 3.96. The minimum atomic E-state index is -0.167. The summed E-state index contributed by atoms with van der Waals surface area (Å²) in [7, 11) is 0. The Morgan fingerprint density at radius 3 is 3.00 bits per heavy atom. The van der Waals surface area contributed by atoms with Gasteiger partial charge in [-0.15, -0.1) is 0 Å². The average molecular weight is 285 g/mol. The summed E-state index contributed by atoms with van der Waals surface area (Å²) in [6.07, 6.45) is 2.17. The van der Waals surface area contributed by atoms with Crippen LogP contribution in [0.2, 0.25) is 5.02 Å². The van der Waals surface area contributed by atoms with E-state index in [2.05, 4.69) is 24.1 Å². The summed E-state index contributed by atoms with van der Waals surface area (Å²) in [4.78, 5) is 2.32. The Hall–Kier alpha value is -0.640. The second kappa shape index (κ2) is 6.21. The van der Waals surface area contributed by atoms with Gasteiger partial charge in [0.1, 0.15) is 5.82 Å². The van der Waals surface area contributed by atoms with Gasteiger partial charge < -0.3 is 5.32 Å². The molecule has 4 heteroatoms. The van der Waals surface area contributed by atoms with E-state index in [4.69, 9.17) is 11.6 Å². The van der Waals surface area contributed by atoms with Gasteiger partial charge in [-0.2, -0.15) is 0 Å². The van der Waals surface area contributed by atoms with Crippen LogP contribution in [0.3, 0.4) is 0 Å². The lowest BCUT2D eigenvalue weighted by Gasteiger charge is -2.32. The smallest absolute Gasteiger partial charge is 0.127 e. The number of hydrogen-bond donors (Lipinski definition) is 1. The van der Waals surface area contributed by atoms with E-state index in [1.54, 1.807) is 12.1 Å². The first-order valence-electron chi connectivity index (χ1n) is 6.94. The molecule has 0 amide bonds. The molecule has 1 fully saturated rings. The van der Waals surface area contributed by atoms with Gasteiger partial charge in [-0.25, -0.2) is 4.39 Å². The summed E-state index contributed by atoms with van der Waals surface area (Å²) < 4.78 is 13.8. The second-order valence-corrected chi connectivity index (χ2v) is 6.08. The first-order chi connectivity index (χ1) is 9.02. The van der Waals surface area contributed by atoms with Crippen LogP contribution in [0.5, 0.6) is 0 Å². The van der Waals surface area contributed by atoms with Crippen LogP contribution in [0.1, 0.15) is 32.3 Å². The number of rotatable bonds is 3. The molecule has 1 unspecified atom stereocenters. The van der Waals surface area contributed by atoms with Crippen LogP contribution in [0.4, 0.5) is 4.39 Å². The molecule has 0 aromatic heterocycles. The highest BCUT2D eigenvalue weighted by Crippen LogP contribution is 2.20. The number of benzene rings is 1. The molecule has 1 aromatic rings. The third kappa shape index (κ3) is 3.91. The third-order valence-corrected chi connectivity index (χ3v) is 4.19. The highest BCUT2D eigenvalue weighted by molar-refractivity contribution is 6.30. The van der Waals surface area contributed by atoms with Crippen molar-refractivity contribution >= 4 is 11.6 Å². The zero-order valence-corrected chi connectivity index (χ0v) is 12.4.